The highest BCUT2D eigenvalue weighted by atomic mass is 19.1. The second-order valence-corrected chi connectivity index (χ2v) is 8.48. The van der Waals surface area contributed by atoms with Crippen molar-refractivity contribution in [2.24, 2.45) is 11.1 Å². The van der Waals surface area contributed by atoms with Crippen molar-refractivity contribution in [3.63, 3.8) is 0 Å². The average molecular weight is 389 g/mol. The molecule has 1 spiro atoms. The number of anilines is 1. The van der Waals surface area contributed by atoms with Crippen LogP contribution in [-0.2, 0) is 0 Å². The molecule has 0 amide bonds. The van der Waals surface area contributed by atoms with Crippen LogP contribution in [0.3, 0.4) is 0 Å². The molecule has 2 aromatic rings. The maximum Gasteiger partial charge on any atom is 0.341 e. The summed E-state index contributed by atoms with van der Waals surface area (Å²) in [4.78, 5) is 26.1. The summed E-state index contributed by atoms with van der Waals surface area (Å²) in [6, 6.07) is 0.715. The molecule has 1 aromatic heterocycles. The number of alkyl halides is 1. The predicted molar refractivity (Wildman–Crippen MR) is 100 cm³/mol. The van der Waals surface area contributed by atoms with E-state index in [1.807, 2.05) is 4.90 Å². The molecule has 148 valence electrons. The van der Waals surface area contributed by atoms with Crippen molar-refractivity contribution in [2.45, 2.75) is 44.4 Å². The fourth-order valence-electron chi connectivity index (χ4n) is 4.85. The smallest absolute Gasteiger partial charge is 0.341 e. The predicted octanol–water partition coefficient (Wildman–Crippen LogP) is 2.36. The standard InChI is InChI=1S/C20H21F2N3O3/c1-9-16-10(18(26)11(19(27)28)7-25(16)14-5-12(14)21)4-13(22)17(9)24-3-2-20(8-24)6-15(20)23/h4,7,12,14-15H,2-3,5-6,8,23H2,1H3,(H,27,28). The minimum Gasteiger partial charge on any atom is -0.477 e. The lowest BCUT2D eigenvalue weighted by Crippen LogP contribution is -2.26. The molecular weight excluding hydrogens is 368 g/mol. The van der Waals surface area contributed by atoms with Gasteiger partial charge in [0.15, 0.2) is 0 Å². The van der Waals surface area contributed by atoms with Gasteiger partial charge in [0, 0.05) is 42.6 Å². The van der Waals surface area contributed by atoms with Gasteiger partial charge in [-0.05, 0) is 31.4 Å². The van der Waals surface area contributed by atoms with Gasteiger partial charge in [-0.3, -0.25) is 4.79 Å². The number of carboxylic acids is 1. The number of benzene rings is 1. The first-order valence-corrected chi connectivity index (χ1v) is 9.49. The van der Waals surface area contributed by atoms with Gasteiger partial charge in [0.1, 0.15) is 17.6 Å². The number of nitrogens with two attached hydrogens (primary N) is 1. The van der Waals surface area contributed by atoms with Gasteiger partial charge in [0.25, 0.3) is 0 Å². The van der Waals surface area contributed by atoms with Crippen molar-refractivity contribution >= 4 is 22.6 Å². The number of pyridine rings is 1. The van der Waals surface area contributed by atoms with E-state index in [0.717, 1.165) is 18.9 Å². The first-order chi connectivity index (χ1) is 13.2. The minimum atomic E-state index is -1.40. The lowest BCUT2D eigenvalue weighted by Gasteiger charge is -2.24. The third kappa shape index (κ3) is 2.33. The molecule has 6 nitrogen and oxygen atoms in total. The van der Waals surface area contributed by atoms with E-state index in [1.165, 1.54) is 10.8 Å². The van der Waals surface area contributed by atoms with E-state index >= 15 is 4.39 Å². The van der Waals surface area contributed by atoms with Gasteiger partial charge in [-0.25, -0.2) is 13.6 Å². The van der Waals surface area contributed by atoms with Gasteiger partial charge < -0.3 is 20.3 Å². The Labute approximate surface area is 159 Å². The van der Waals surface area contributed by atoms with Gasteiger partial charge in [0.05, 0.1) is 17.2 Å². The number of rotatable bonds is 3. The number of fused-ring (bicyclic) bond motifs is 1. The molecule has 28 heavy (non-hydrogen) atoms. The molecule has 2 saturated carbocycles. The number of hydrogen-bond acceptors (Lipinski definition) is 4. The SMILES string of the molecule is Cc1c(N2CCC3(CC3N)C2)c(F)cc2c(=O)c(C(=O)O)cn(C3CC3F)c12. The van der Waals surface area contributed by atoms with Gasteiger partial charge in [0.2, 0.25) is 5.43 Å². The van der Waals surface area contributed by atoms with E-state index in [4.69, 9.17) is 5.73 Å². The normalized spacial score (nSPS) is 31.0. The van der Waals surface area contributed by atoms with Crippen molar-refractivity contribution in [2.75, 3.05) is 18.0 Å². The number of aryl methyl sites for hydroxylation is 1. The molecule has 5 rings (SSSR count). The zero-order valence-corrected chi connectivity index (χ0v) is 15.4. The lowest BCUT2D eigenvalue weighted by atomic mass is 10.0. The number of carboxylic acid groups (broad SMARTS) is 1. The summed E-state index contributed by atoms with van der Waals surface area (Å²) < 4.78 is 30.5. The summed E-state index contributed by atoms with van der Waals surface area (Å²) >= 11 is 0. The van der Waals surface area contributed by atoms with Crippen LogP contribution in [0.15, 0.2) is 17.1 Å². The first kappa shape index (κ1) is 17.6. The zero-order chi connectivity index (χ0) is 20.0. The van der Waals surface area contributed by atoms with Crippen LogP contribution >= 0.6 is 0 Å². The molecule has 0 radical (unpaired) electrons. The van der Waals surface area contributed by atoms with Crippen molar-refractivity contribution in [1.29, 1.82) is 0 Å². The minimum absolute atomic E-state index is 0.0187. The Morgan fingerprint density at radius 2 is 2.11 bits per heavy atom. The fraction of sp³-hybridized carbons (Fsp3) is 0.500. The van der Waals surface area contributed by atoms with Crippen LogP contribution in [0.25, 0.3) is 10.9 Å². The number of halogens is 2. The van der Waals surface area contributed by atoms with E-state index in [1.54, 1.807) is 6.92 Å². The quantitative estimate of drug-likeness (QED) is 0.841. The highest BCUT2D eigenvalue weighted by Gasteiger charge is 2.56. The van der Waals surface area contributed by atoms with E-state index in [9.17, 15) is 19.1 Å². The van der Waals surface area contributed by atoms with Crippen molar-refractivity contribution in [1.82, 2.24) is 4.57 Å². The monoisotopic (exact) mass is 389 g/mol. The number of nitrogens with zero attached hydrogens (tertiary/aromatic N) is 2. The Hall–Kier alpha value is -2.48. The molecule has 3 fully saturated rings. The summed E-state index contributed by atoms with van der Waals surface area (Å²) in [5.74, 6) is -1.96. The zero-order valence-electron chi connectivity index (χ0n) is 15.4. The van der Waals surface area contributed by atoms with Crippen LogP contribution in [0.5, 0.6) is 0 Å². The average Bonchev–Trinajstić information content (AvgIpc) is 3.44. The van der Waals surface area contributed by atoms with E-state index in [0.29, 0.717) is 29.9 Å². The van der Waals surface area contributed by atoms with Gasteiger partial charge in [-0.15, -0.1) is 0 Å². The molecule has 1 aliphatic heterocycles. The summed E-state index contributed by atoms with van der Waals surface area (Å²) in [5.41, 5.74) is 6.24. The summed E-state index contributed by atoms with van der Waals surface area (Å²) in [5, 5.41) is 9.33. The molecule has 4 atom stereocenters. The van der Waals surface area contributed by atoms with Crippen LogP contribution in [-0.4, -0.2) is 40.9 Å². The highest BCUT2D eigenvalue weighted by molar-refractivity contribution is 5.95. The Bertz CT molecular complexity index is 1100. The maximum absolute atomic E-state index is 15.1. The summed E-state index contributed by atoms with van der Waals surface area (Å²) in [6.07, 6.45) is 2.18. The third-order valence-corrected chi connectivity index (χ3v) is 6.70. The summed E-state index contributed by atoms with van der Waals surface area (Å²) in [6.45, 7) is 3.04. The third-order valence-electron chi connectivity index (χ3n) is 6.70. The molecule has 3 N–H and O–H groups in total. The largest absolute Gasteiger partial charge is 0.477 e. The summed E-state index contributed by atoms with van der Waals surface area (Å²) in [7, 11) is 0. The molecule has 1 saturated heterocycles. The van der Waals surface area contributed by atoms with Crippen molar-refractivity contribution in [3.05, 3.63) is 39.4 Å². The second-order valence-electron chi connectivity index (χ2n) is 8.48. The lowest BCUT2D eigenvalue weighted by molar-refractivity contribution is 0.0694. The van der Waals surface area contributed by atoms with Crippen LogP contribution in [0, 0.1) is 18.2 Å². The van der Waals surface area contributed by atoms with Gasteiger partial charge in [-0.1, -0.05) is 0 Å². The van der Waals surface area contributed by atoms with Crippen LogP contribution in [0.4, 0.5) is 14.5 Å². The van der Waals surface area contributed by atoms with Crippen LogP contribution < -0.4 is 16.1 Å². The van der Waals surface area contributed by atoms with Crippen LogP contribution in [0.1, 0.15) is 41.2 Å². The van der Waals surface area contributed by atoms with Crippen molar-refractivity contribution in [3.8, 4) is 0 Å². The van der Waals surface area contributed by atoms with Gasteiger partial charge in [-0.2, -0.15) is 0 Å². The van der Waals surface area contributed by atoms with Gasteiger partial charge >= 0.3 is 5.97 Å². The van der Waals surface area contributed by atoms with E-state index in [2.05, 4.69) is 0 Å². The Balaban J connectivity index is 1.73. The molecule has 4 unspecified atom stereocenters. The molecule has 0 bridgehead atoms. The Morgan fingerprint density at radius 1 is 1.43 bits per heavy atom. The molecule has 1 aromatic carbocycles. The molecular formula is C20H21F2N3O3. The molecule has 3 aliphatic rings. The number of aromatic nitrogens is 1. The molecule has 2 heterocycles. The number of aromatic carboxylic acids is 1. The first-order valence-electron chi connectivity index (χ1n) is 9.49. The topological polar surface area (TPSA) is 88.6 Å². The van der Waals surface area contributed by atoms with Crippen molar-refractivity contribution < 1.29 is 18.7 Å². The van der Waals surface area contributed by atoms with E-state index in [-0.39, 0.29) is 23.3 Å². The van der Waals surface area contributed by atoms with E-state index < -0.39 is 35.0 Å². The number of carbonyl (C=O) groups is 1. The van der Waals surface area contributed by atoms with Crippen LogP contribution in [0.2, 0.25) is 0 Å². The maximum atomic E-state index is 15.1. The highest BCUT2D eigenvalue weighted by Crippen LogP contribution is 2.53. The number of hydrogen-bond donors (Lipinski definition) is 2. The fourth-order valence-corrected chi connectivity index (χ4v) is 4.85. The second kappa shape index (κ2) is 5.53. The Kier molecular flexibility index (Phi) is 3.48. The molecule has 2 aliphatic carbocycles. The molecule has 8 heteroatoms. The Morgan fingerprint density at radius 3 is 2.64 bits per heavy atom.